The van der Waals surface area contributed by atoms with Crippen molar-refractivity contribution in [3.05, 3.63) is 0 Å². The lowest BCUT2D eigenvalue weighted by molar-refractivity contribution is 0.239. The maximum atomic E-state index is 5.69. The highest BCUT2D eigenvalue weighted by atomic mass is 14.9. The molecule has 0 aliphatic rings. The third-order valence-corrected chi connectivity index (χ3v) is 3.64. The zero-order valence-corrected chi connectivity index (χ0v) is 14.3. The van der Waals surface area contributed by atoms with Crippen LogP contribution in [-0.2, 0) is 0 Å². The van der Waals surface area contributed by atoms with Crippen molar-refractivity contribution < 1.29 is 0 Å². The zero-order chi connectivity index (χ0) is 14.9. The van der Waals surface area contributed by atoms with E-state index in [-0.39, 0.29) is 5.54 Å². The van der Waals surface area contributed by atoms with Crippen molar-refractivity contribution in [1.82, 2.24) is 5.32 Å². The Balaban J connectivity index is 3.88. The van der Waals surface area contributed by atoms with Gasteiger partial charge in [-0.2, -0.15) is 0 Å². The number of hydrogen-bond acceptors (Lipinski definition) is 2. The predicted octanol–water partition coefficient (Wildman–Crippen LogP) is 4.34. The molecule has 0 saturated heterocycles. The lowest BCUT2D eigenvalue weighted by Gasteiger charge is -2.33. The summed E-state index contributed by atoms with van der Waals surface area (Å²) in [6, 6.07) is 0. The fraction of sp³-hybridized carbons (Fsp3) is 1.00. The van der Waals surface area contributed by atoms with Gasteiger partial charge in [0.1, 0.15) is 0 Å². The minimum absolute atomic E-state index is 0.242. The van der Waals surface area contributed by atoms with E-state index in [1.807, 2.05) is 0 Å². The number of rotatable bonds is 10. The monoisotopic (exact) mass is 270 g/mol. The molecule has 3 N–H and O–H groups in total. The maximum absolute atomic E-state index is 5.69. The first kappa shape index (κ1) is 18.9. The number of nitrogens with one attached hydrogen (secondary N) is 1. The van der Waals surface area contributed by atoms with E-state index in [9.17, 15) is 0 Å². The van der Waals surface area contributed by atoms with Crippen LogP contribution in [0.25, 0.3) is 0 Å². The second kappa shape index (κ2) is 8.97. The Kier molecular flexibility index (Phi) is 8.93. The van der Waals surface area contributed by atoms with Gasteiger partial charge >= 0.3 is 0 Å². The third kappa shape index (κ3) is 11.4. The van der Waals surface area contributed by atoms with Gasteiger partial charge in [0, 0.05) is 5.54 Å². The fourth-order valence-corrected chi connectivity index (χ4v) is 3.28. The van der Waals surface area contributed by atoms with E-state index in [0.717, 1.165) is 19.0 Å². The summed E-state index contributed by atoms with van der Waals surface area (Å²) in [7, 11) is 0. The lowest BCUT2D eigenvalue weighted by Crippen LogP contribution is -2.42. The van der Waals surface area contributed by atoms with Crippen molar-refractivity contribution in [3.63, 3.8) is 0 Å². The minimum atomic E-state index is 0.242. The third-order valence-electron chi connectivity index (χ3n) is 3.64. The van der Waals surface area contributed by atoms with Crippen LogP contribution in [0.4, 0.5) is 0 Å². The summed E-state index contributed by atoms with van der Waals surface area (Å²) in [5, 5.41) is 3.72. The van der Waals surface area contributed by atoms with Gasteiger partial charge in [-0.15, -0.1) is 0 Å². The van der Waals surface area contributed by atoms with Crippen LogP contribution in [0.1, 0.15) is 80.1 Å². The Labute approximate surface area is 121 Å². The van der Waals surface area contributed by atoms with E-state index >= 15 is 0 Å². The molecule has 0 fully saturated rings. The van der Waals surface area contributed by atoms with E-state index in [4.69, 9.17) is 5.73 Å². The van der Waals surface area contributed by atoms with Gasteiger partial charge in [-0.1, -0.05) is 40.5 Å². The maximum Gasteiger partial charge on any atom is 0.0130 e. The number of hydrogen-bond donors (Lipinski definition) is 2. The summed E-state index contributed by atoms with van der Waals surface area (Å²) in [6.45, 7) is 15.8. The molecule has 0 amide bonds. The Morgan fingerprint density at radius 1 is 1.00 bits per heavy atom. The summed E-state index contributed by atoms with van der Waals surface area (Å²) >= 11 is 0. The highest BCUT2D eigenvalue weighted by molar-refractivity contribution is 4.83. The molecule has 19 heavy (non-hydrogen) atoms. The van der Waals surface area contributed by atoms with E-state index < -0.39 is 0 Å². The summed E-state index contributed by atoms with van der Waals surface area (Å²) in [5.74, 6) is 0.836. The van der Waals surface area contributed by atoms with Crippen molar-refractivity contribution in [3.8, 4) is 0 Å². The van der Waals surface area contributed by atoms with Gasteiger partial charge in [0.2, 0.25) is 0 Å². The van der Waals surface area contributed by atoms with Crippen LogP contribution in [0, 0.1) is 11.3 Å². The van der Waals surface area contributed by atoms with Gasteiger partial charge in [-0.25, -0.2) is 0 Å². The van der Waals surface area contributed by atoms with E-state index in [1.54, 1.807) is 0 Å². The van der Waals surface area contributed by atoms with Crippen LogP contribution in [0.15, 0.2) is 0 Å². The molecule has 0 radical (unpaired) electrons. The van der Waals surface area contributed by atoms with Gasteiger partial charge in [-0.05, 0) is 64.0 Å². The molecule has 0 aliphatic carbocycles. The van der Waals surface area contributed by atoms with E-state index in [2.05, 4.69) is 46.9 Å². The molecule has 0 aromatic rings. The van der Waals surface area contributed by atoms with Crippen molar-refractivity contribution in [2.45, 2.75) is 85.6 Å². The Morgan fingerprint density at radius 2 is 1.63 bits per heavy atom. The first-order chi connectivity index (χ1) is 8.70. The molecule has 1 unspecified atom stereocenters. The van der Waals surface area contributed by atoms with Crippen LogP contribution in [0.5, 0.6) is 0 Å². The molecule has 0 aliphatic heterocycles. The van der Waals surface area contributed by atoms with Crippen LogP contribution >= 0.6 is 0 Å². The van der Waals surface area contributed by atoms with Crippen molar-refractivity contribution in [2.75, 3.05) is 13.1 Å². The van der Waals surface area contributed by atoms with E-state index in [1.165, 1.54) is 38.5 Å². The Hall–Kier alpha value is -0.0800. The second-order valence-electron chi connectivity index (χ2n) is 7.92. The van der Waals surface area contributed by atoms with Crippen molar-refractivity contribution >= 4 is 0 Å². The number of nitrogens with two attached hydrogens (primary N) is 1. The second-order valence-corrected chi connectivity index (χ2v) is 7.92. The normalized spacial score (nSPS) is 14.7. The first-order valence-corrected chi connectivity index (χ1v) is 8.15. The smallest absolute Gasteiger partial charge is 0.0130 e. The molecular weight excluding hydrogens is 232 g/mol. The standard InChI is InChI=1S/C17H38N2/c1-7-9-15(11-12-18)10-8-13-19-17(5,6)14-16(2,3)4/h15,19H,7-14,18H2,1-6H3. The molecular formula is C17H38N2. The molecule has 0 aromatic carbocycles. The van der Waals surface area contributed by atoms with Crippen molar-refractivity contribution in [1.29, 1.82) is 0 Å². The van der Waals surface area contributed by atoms with Crippen LogP contribution in [-0.4, -0.2) is 18.6 Å². The topological polar surface area (TPSA) is 38.0 Å². The molecule has 0 saturated carbocycles. The highest BCUT2D eigenvalue weighted by Crippen LogP contribution is 2.26. The molecule has 0 rings (SSSR count). The molecule has 0 bridgehead atoms. The lowest BCUT2D eigenvalue weighted by atomic mass is 9.81. The highest BCUT2D eigenvalue weighted by Gasteiger charge is 2.24. The summed E-state index contributed by atoms with van der Waals surface area (Å²) < 4.78 is 0. The molecule has 0 aromatic heterocycles. The zero-order valence-electron chi connectivity index (χ0n) is 14.3. The van der Waals surface area contributed by atoms with Crippen LogP contribution < -0.4 is 11.1 Å². The average molecular weight is 271 g/mol. The van der Waals surface area contributed by atoms with Gasteiger partial charge in [0.05, 0.1) is 0 Å². The molecule has 1 atom stereocenters. The largest absolute Gasteiger partial charge is 0.330 e. The van der Waals surface area contributed by atoms with Crippen LogP contribution in [0.3, 0.4) is 0 Å². The predicted molar refractivity (Wildman–Crippen MR) is 87.5 cm³/mol. The molecule has 0 spiro atoms. The van der Waals surface area contributed by atoms with Crippen LogP contribution in [0.2, 0.25) is 0 Å². The fourth-order valence-electron chi connectivity index (χ4n) is 3.28. The Morgan fingerprint density at radius 3 is 2.11 bits per heavy atom. The van der Waals surface area contributed by atoms with E-state index in [0.29, 0.717) is 5.41 Å². The molecule has 2 heteroatoms. The molecule has 116 valence electrons. The van der Waals surface area contributed by atoms with Gasteiger partial charge < -0.3 is 11.1 Å². The summed E-state index contributed by atoms with van der Waals surface area (Å²) in [5.41, 5.74) is 6.32. The quantitative estimate of drug-likeness (QED) is 0.580. The summed E-state index contributed by atoms with van der Waals surface area (Å²) in [4.78, 5) is 0. The first-order valence-electron chi connectivity index (χ1n) is 8.15. The van der Waals surface area contributed by atoms with Gasteiger partial charge in [0.15, 0.2) is 0 Å². The molecule has 2 nitrogen and oxygen atoms in total. The van der Waals surface area contributed by atoms with Gasteiger partial charge in [0.25, 0.3) is 0 Å². The summed E-state index contributed by atoms with van der Waals surface area (Å²) in [6.07, 6.45) is 7.62. The SMILES string of the molecule is CCCC(CCN)CCCNC(C)(C)CC(C)(C)C. The molecule has 0 heterocycles. The Bertz CT molecular complexity index is 210. The van der Waals surface area contributed by atoms with Gasteiger partial charge in [-0.3, -0.25) is 0 Å². The average Bonchev–Trinajstić information content (AvgIpc) is 2.21. The minimum Gasteiger partial charge on any atom is -0.330 e. The van der Waals surface area contributed by atoms with Crippen molar-refractivity contribution in [2.24, 2.45) is 17.1 Å².